The van der Waals surface area contributed by atoms with Gasteiger partial charge in [-0.05, 0) is 45.1 Å². The summed E-state index contributed by atoms with van der Waals surface area (Å²) < 4.78 is 23.8. The van der Waals surface area contributed by atoms with Crippen molar-refractivity contribution >= 4 is 17.9 Å². The fraction of sp³-hybridized carbons (Fsp3) is 0.667. The van der Waals surface area contributed by atoms with E-state index in [9.17, 15) is 29.7 Å². The molecule has 0 aliphatic carbocycles. The van der Waals surface area contributed by atoms with Gasteiger partial charge in [0.15, 0.2) is 5.79 Å². The van der Waals surface area contributed by atoms with Gasteiger partial charge in [0.1, 0.15) is 18.3 Å². The van der Waals surface area contributed by atoms with Crippen molar-refractivity contribution in [3.63, 3.8) is 0 Å². The molecule has 2 heterocycles. The van der Waals surface area contributed by atoms with E-state index in [1.165, 1.54) is 7.11 Å². The van der Waals surface area contributed by atoms with Crippen molar-refractivity contribution in [3.05, 3.63) is 59.3 Å². The largest absolute Gasteiger partial charge is 0.478 e. The number of ether oxygens (including phenoxy) is 4. The molecule has 11 nitrogen and oxygen atoms in total. The summed E-state index contributed by atoms with van der Waals surface area (Å²) >= 11 is 0. The van der Waals surface area contributed by atoms with Crippen LogP contribution in [0.2, 0.25) is 0 Å². The lowest BCUT2D eigenvalue weighted by Gasteiger charge is -2.50. The first kappa shape index (κ1) is 43.1. The van der Waals surface area contributed by atoms with Crippen molar-refractivity contribution < 1.29 is 53.8 Å². The monoisotopic (exact) mass is 704 g/mol. The minimum atomic E-state index is -1.97. The second-order valence-electron chi connectivity index (χ2n) is 14.8. The smallest absolute Gasteiger partial charge is 0.334 e. The summed E-state index contributed by atoms with van der Waals surface area (Å²) in [5, 5.41) is 43.7. The first-order valence-electron chi connectivity index (χ1n) is 17.5. The zero-order valence-electron chi connectivity index (χ0n) is 31.5. The molecule has 0 saturated carbocycles. The van der Waals surface area contributed by atoms with E-state index >= 15 is 0 Å². The average molecular weight is 705 g/mol. The van der Waals surface area contributed by atoms with Gasteiger partial charge in [0, 0.05) is 54.9 Å². The Hall–Kier alpha value is -3.09. The number of aliphatic carboxylic acids is 1. The van der Waals surface area contributed by atoms with Crippen LogP contribution in [0.3, 0.4) is 0 Å². The van der Waals surface area contributed by atoms with Crippen LogP contribution in [0.5, 0.6) is 0 Å². The molecule has 1 fully saturated rings. The standard InChI is InChI=1S/C39H60O11/c1-21(2)36-27(8)31(48-33(42)16-15-32(40)41)20-39(46,50-36)29(10)35(44)28(9)37-30(47-11)14-12-13-22(3)17-24(5)34(43)25(6)18-23(4)19-26(7)38(45)49-37/h12-16,18-19,21,24-25,27-31,34-37,43-44,46H,17,20H2,1-11H3,(H,40,41)/b14-12+,16-15+,22-13+,23-18+,26-19+/t24-,25+,27-,28-,29-,30-,31+,34-,35+,36+,37+,39+/m0/s1. The Morgan fingerprint density at radius 3 is 2.28 bits per heavy atom. The van der Waals surface area contributed by atoms with Gasteiger partial charge in [-0.15, -0.1) is 0 Å². The van der Waals surface area contributed by atoms with Crippen LogP contribution >= 0.6 is 0 Å². The molecule has 282 valence electrons. The molecule has 0 unspecified atom stereocenters. The van der Waals surface area contributed by atoms with Crippen LogP contribution in [-0.4, -0.2) is 87.9 Å². The lowest BCUT2D eigenvalue weighted by atomic mass is 9.76. The fourth-order valence-corrected chi connectivity index (χ4v) is 7.02. The number of rotatable bonds is 9. The normalized spacial score (nSPS) is 37.7. The van der Waals surface area contributed by atoms with Gasteiger partial charge in [-0.2, -0.15) is 0 Å². The second kappa shape index (κ2) is 18.9. The Labute approximate surface area is 297 Å². The van der Waals surface area contributed by atoms with Crippen molar-refractivity contribution in [3.8, 4) is 0 Å². The van der Waals surface area contributed by atoms with Crippen LogP contribution in [0.4, 0.5) is 0 Å². The molecule has 0 spiro atoms. The molecule has 0 aromatic heterocycles. The summed E-state index contributed by atoms with van der Waals surface area (Å²) in [6.07, 6.45) is 5.98. The van der Waals surface area contributed by atoms with Crippen LogP contribution in [0.1, 0.15) is 82.1 Å². The molecule has 4 N–H and O–H groups in total. The molecule has 0 bridgehead atoms. The van der Waals surface area contributed by atoms with E-state index in [0.29, 0.717) is 18.1 Å². The number of allylic oxidation sites excluding steroid dienone is 5. The van der Waals surface area contributed by atoms with E-state index < -0.39 is 72.2 Å². The number of aliphatic hydroxyl groups excluding tert-OH is 2. The van der Waals surface area contributed by atoms with Crippen LogP contribution in [0, 0.1) is 35.5 Å². The van der Waals surface area contributed by atoms with Gasteiger partial charge in [-0.25, -0.2) is 14.4 Å². The number of aliphatic hydroxyl groups is 3. The van der Waals surface area contributed by atoms with Crippen molar-refractivity contribution in [2.75, 3.05) is 7.11 Å². The Kier molecular flexibility index (Phi) is 16.3. The van der Waals surface area contributed by atoms with Crippen molar-refractivity contribution in [2.45, 2.75) is 124 Å². The number of carbonyl (C=O) groups is 3. The Morgan fingerprint density at radius 1 is 1.06 bits per heavy atom. The topological polar surface area (TPSA) is 169 Å². The van der Waals surface area contributed by atoms with Gasteiger partial charge in [0.25, 0.3) is 0 Å². The van der Waals surface area contributed by atoms with Gasteiger partial charge in [-0.1, -0.05) is 83.9 Å². The molecule has 0 aromatic carbocycles. The van der Waals surface area contributed by atoms with Crippen LogP contribution in [0.25, 0.3) is 0 Å². The highest BCUT2D eigenvalue weighted by Gasteiger charge is 2.53. The molecule has 0 amide bonds. The first-order valence-corrected chi connectivity index (χ1v) is 17.5. The van der Waals surface area contributed by atoms with Crippen molar-refractivity contribution in [1.82, 2.24) is 0 Å². The fourth-order valence-electron chi connectivity index (χ4n) is 7.02. The van der Waals surface area contributed by atoms with E-state index in [2.05, 4.69) is 0 Å². The molecule has 0 radical (unpaired) electrons. The third-order valence-electron chi connectivity index (χ3n) is 10.1. The molecule has 2 aliphatic rings. The van der Waals surface area contributed by atoms with Gasteiger partial charge in [0.05, 0.1) is 18.3 Å². The van der Waals surface area contributed by atoms with Gasteiger partial charge < -0.3 is 39.4 Å². The lowest BCUT2D eigenvalue weighted by molar-refractivity contribution is -0.329. The summed E-state index contributed by atoms with van der Waals surface area (Å²) in [7, 11) is 1.48. The van der Waals surface area contributed by atoms with Crippen LogP contribution in [-0.2, 0) is 33.3 Å². The molecule has 1 saturated heterocycles. The quantitative estimate of drug-likeness (QED) is 0.182. The van der Waals surface area contributed by atoms with Crippen molar-refractivity contribution in [2.24, 2.45) is 35.5 Å². The lowest BCUT2D eigenvalue weighted by Crippen LogP contribution is -2.59. The molecular formula is C39H60O11. The van der Waals surface area contributed by atoms with E-state index in [1.54, 1.807) is 39.0 Å². The Balaban J connectivity index is 2.51. The maximum Gasteiger partial charge on any atom is 0.334 e. The summed E-state index contributed by atoms with van der Waals surface area (Å²) in [6.45, 7) is 18.4. The second-order valence-corrected chi connectivity index (χ2v) is 14.8. The number of hydrogen-bond donors (Lipinski definition) is 4. The molecule has 50 heavy (non-hydrogen) atoms. The zero-order valence-corrected chi connectivity index (χ0v) is 31.5. The summed E-state index contributed by atoms with van der Waals surface area (Å²) in [4.78, 5) is 36.9. The predicted octanol–water partition coefficient (Wildman–Crippen LogP) is 5.30. The van der Waals surface area contributed by atoms with E-state index in [-0.39, 0.29) is 30.1 Å². The third kappa shape index (κ3) is 11.7. The maximum absolute atomic E-state index is 13.5. The number of methoxy groups -OCH3 is 1. The summed E-state index contributed by atoms with van der Waals surface area (Å²) in [5.74, 6) is -7.15. The third-order valence-corrected chi connectivity index (χ3v) is 10.1. The highest BCUT2D eigenvalue weighted by Crippen LogP contribution is 2.42. The predicted molar refractivity (Wildman–Crippen MR) is 189 cm³/mol. The number of carbonyl (C=O) groups excluding carboxylic acids is 2. The zero-order chi connectivity index (χ0) is 38.1. The number of hydrogen-bond acceptors (Lipinski definition) is 10. The minimum absolute atomic E-state index is 0.0142. The highest BCUT2D eigenvalue weighted by molar-refractivity contribution is 5.90. The Bertz CT molecular complexity index is 1330. The molecule has 2 aliphatic heterocycles. The molecule has 2 rings (SSSR count). The van der Waals surface area contributed by atoms with Gasteiger partial charge in [-0.3, -0.25) is 0 Å². The maximum atomic E-state index is 13.5. The van der Waals surface area contributed by atoms with Crippen LogP contribution in [0.15, 0.2) is 59.3 Å². The molecule has 0 aromatic rings. The van der Waals surface area contributed by atoms with Crippen molar-refractivity contribution in [1.29, 1.82) is 0 Å². The number of carboxylic acids is 1. The van der Waals surface area contributed by atoms with Gasteiger partial charge in [0.2, 0.25) is 0 Å². The van der Waals surface area contributed by atoms with E-state index in [4.69, 9.17) is 24.1 Å². The van der Waals surface area contributed by atoms with Gasteiger partial charge >= 0.3 is 17.9 Å². The molecule has 12 atom stereocenters. The summed E-state index contributed by atoms with van der Waals surface area (Å²) in [6, 6.07) is 0. The summed E-state index contributed by atoms with van der Waals surface area (Å²) in [5.41, 5.74) is 2.14. The van der Waals surface area contributed by atoms with E-state index in [1.807, 2.05) is 60.6 Å². The Morgan fingerprint density at radius 2 is 1.70 bits per heavy atom. The average Bonchev–Trinajstić information content (AvgIpc) is 3.04. The first-order chi connectivity index (χ1) is 23.2. The number of esters is 2. The minimum Gasteiger partial charge on any atom is -0.478 e. The van der Waals surface area contributed by atoms with E-state index in [0.717, 1.165) is 17.2 Å². The molecule has 11 heteroatoms. The SMILES string of the molecule is CO[C@H]1/C=C/C=C(\C)C[C@H](C)[C@H](O)[C@H](C)/C=C(C)/C=C(\C)C(=O)O[C@@H]1[C@@H](C)[C@@H](O)[C@H](C)[C@@]1(O)C[C@@H](OC(=O)/C=C/C(=O)O)[C@H](C)[C@@H](C(C)C)O1. The number of carboxylic acid groups (broad SMARTS) is 1. The van der Waals surface area contributed by atoms with Crippen LogP contribution < -0.4 is 0 Å². The molecular weight excluding hydrogens is 644 g/mol. The number of cyclic esters (lactones) is 1. The highest BCUT2D eigenvalue weighted by atomic mass is 16.6.